The third-order valence-corrected chi connectivity index (χ3v) is 8.81. The van der Waals surface area contributed by atoms with Crippen LogP contribution in [0.25, 0.3) is 11.1 Å². The van der Waals surface area contributed by atoms with Gasteiger partial charge in [0.2, 0.25) is 0 Å². The zero-order chi connectivity index (χ0) is 24.8. The van der Waals surface area contributed by atoms with Crippen LogP contribution in [0.2, 0.25) is 0 Å². The highest BCUT2D eigenvalue weighted by molar-refractivity contribution is 7.91. The standard InChI is InChI=1S/C30H37NO3S/c1-4-34-30-23(2)20-28(21-24(30)3)35(32,33)19-16-25-14-17-31(18-15-25)22-27-12-8-9-13-29(27)26-10-6-5-7-11-26/h5-13,20-21,25H,4,14-19,22H2,1-3H3. The fraction of sp³-hybridized carbons (Fsp3) is 0.400. The van der Waals surface area contributed by atoms with Crippen molar-refractivity contribution < 1.29 is 13.2 Å². The number of piperidine rings is 1. The minimum absolute atomic E-state index is 0.210. The van der Waals surface area contributed by atoms with Gasteiger partial charge in [0.15, 0.2) is 9.84 Å². The Bertz CT molecular complexity index is 1210. The zero-order valence-corrected chi connectivity index (χ0v) is 22.0. The van der Waals surface area contributed by atoms with E-state index in [0.29, 0.717) is 17.4 Å². The average Bonchev–Trinajstić information content (AvgIpc) is 2.86. The van der Waals surface area contributed by atoms with Crippen LogP contribution < -0.4 is 4.74 Å². The molecule has 0 unspecified atom stereocenters. The molecule has 0 bridgehead atoms. The van der Waals surface area contributed by atoms with Gasteiger partial charge in [-0.3, -0.25) is 4.90 Å². The summed E-state index contributed by atoms with van der Waals surface area (Å²) in [4.78, 5) is 2.93. The van der Waals surface area contributed by atoms with E-state index in [4.69, 9.17) is 4.74 Å². The normalized spacial score (nSPS) is 15.3. The number of sulfone groups is 1. The molecule has 0 atom stereocenters. The van der Waals surface area contributed by atoms with E-state index in [-0.39, 0.29) is 5.75 Å². The lowest BCUT2D eigenvalue weighted by atomic mass is 9.93. The molecular weight excluding hydrogens is 454 g/mol. The fourth-order valence-corrected chi connectivity index (χ4v) is 6.73. The minimum atomic E-state index is -3.30. The van der Waals surface area contributed by atoms with Crippen LogP contribution in [0.1, 0.15) is 42.9 Å². The Labute approximate surface area is 210 Å². The van der Waals surface area contributed by atoms with Crippen molar-refractivity contribution in [2.75, 3.05) is 25.4 Å². The molecule has 186 valence electrons. The lowest BCUT2D eigenvalue weighted by molar-refractivity contribution is 0.175. The van der Waals surface area contributed by atoms with Gasteiger partial charge in [0.25, 0.3) is 0 Å². The van der Waals surface area contributed by atoms with Gasteiger partial charge in [-0.05, 0) is 99.0 Å². The molecule has 35 heavy (non-hydrogen) atoms. The second-order valence-electron chi connectivity index (χ2n) is 9.67. The van der Waals surface area contributed by atoms with E-state index < -0.39 is 9.84 Å². The van der Waals surface area contributed by atoms with Crippen LogP contribution in [-0.2, 0) is 16.4 Å². The number of likely N-dealkylation sites (tertiary alicyclic amines) is 1. The second-order valence-corrected chi connectivity index (χ2v) is 11.8. The van der Waals surface area contributed by atoms with Crippen LogP contribution in [0.5, 0.6) is 5.75 Å². The zero-order valence-electron chi connectivity index (χ0n) is 21.2. The van der Waals surface area contributed by atoms with Crippen molar-refractivity contribution in [3.8, 4) is 16.9 Å². The van der Waals surface area contributed by atoms with E-state index >= 15 is 0 Å². The number of aryl methyl sites for hydroxylation is 2. The van der Waals surface area contributed by atoms with E-state index in [1.165, 1.54) is 16.7 Å². The third-order valence-electron chi connectivity index (χ3n) is 7.08. The Kier molecular flexibility index (Phi) is 8.30. The lowest BCUT2D eigenvalue weighted by Gasteiger charge is -2.32. The quantitative estimate of drug-likeness (QED) is 0.345. The van der Waals surface area contributed by atoms with Gasteiger partial charge < -0.3 is 4.74 Å². The summed E-state index contributed by atoms with van der Waals surface area (Å²) in [6.07, 6.45) is 2.82. The Morgan fingerprint density at radius 3 is 2.20 bits per heavy atom. The van der Waals surface area contributed by atoms with E-state index in [1.54, 1.807) is 12.1 Å². The van der Waals surface area contributed by atoms with Gasteiger partial charge in [-0.1, -0.05) is 54.6 Å². The van der Waals surface area contributed by atoms with Gasteiger partial charge in [0.05, 0.1) is 17.3 Å². The topological polar surface area (TPSA) is 46.6 Å². The Morgan fingerprint density at radius 1 is 0.914 bits per heavy atom. The van der Waals surface area contributed by atoms with Gasteiger partial charge in [-0.25, -0.2) is 8.42 Å². The number of hydrogen-bond acceptors (Lipinski definition) is 4. The van der Waals surface area contributed by atoms with E-state index in [2.05, 4.69) is 59.5 Å². The number of benzene rings is 3. The average molecular weight is 492 g/mol. The molecule has 4 rings (SSSR count). The van der Waals surface area contributed by atoms with Crippen LogP contribution in [-0.4, -0.2) is 38.8 Å². The first kappa shape index (κ1) is 25.5. The van der Waals surface area contributed by atoms with Crippen molar-refractivity contribution >= 4 is 9.84 Å². The molecule has 3 aromatic rings. The maximum atomic E-state index is 13.1. The number of hydrogen-bond donors (Lipinski definition) is 0. The van der Waals surface area contributed by atoms with Crippen molar-refractivity contribution in [2.45, 2.75) is 51.5 Å². The van der Waals surface area contributed by atoms with E-state index in [0.717, 1.165) is 55.8 Å². The Hall–Kier alpha value is -2.63. The summed E-state index contributed by atoms with van der Waals surface area (Å²) < 4.78 is 31.8. The number of ether oxygens (including phenoxy) is 1. The first-order chi connectivity index (χ1) is 16.9. The summed E-state index contributed by atoms with van der Waals surface area (Å²) in [7, 11) is -3.30. The molecule has 1 heterocycles. The van der Waals surface area contributed by atoms with Gasteiger partial charge in [-0.15, -0.1) is 0 Å². The Morgan fingerprint density at radius 2 is 1.54 bits per heavy atom. The maximum absolute atomic E-state index is 13.1. The highest BCUT2D eigenvalue weighted by atomic mass is 32.2. The predicted molar refractivity (Wildman–Crippen MR) is 144 cm³/mol. The summed E-state index contributed by atoms with van der Waals surface area (Å²) in [5.74, 6) is 1.46. The molecule has 0 amide bonds. The molecule has 1 fully saturated rings. The summed E-state index contributed by atoms with van der Waals surface area (Å²) in [6, 6.07) is 22.7. The largest absolute Gasteiger partial charge is 0.493 e. The van der Waals surface area contributed by atoms with Crippen molar-refractivity contribution in [1.29, 1.82) is 0 Å². The predicted octanol–water partition coefficient (Wildman–Crippen LogP) is 6.45. The lowest BCUT2D eigenvalue weighted by Crippen LogP contribution is -2.34. The van der Waals surface area contributed by atoms with Crippen LogP contribution in [0, 0.1) is 19.8 Å². The molecule has 4 nitrogen and oxygen atoms in total. The van der Waals surface area contributed by atoms with Crippen LogP contribution >= 0.6 is 0 Å². The molecule has 0 saturated carbocycles. The molecule has 1 aliphatic rings. The highest BCUT2D eigenvalue weighted by Crippen LogP contribution is 2.30. The summed E-state index contributed by atoms with van der Waals surface area (Å²) >= 11 is 0. The molecule has 3 aromatic carbocycles. The second kappa shape index (κ2) is 11.4. The first-order valence-corrected chi connectivity index (χ1v) is 14.3. The van der Waals surface area contributed by atoms with Crippen LogP contribution in [0.15, 0.2) is 71.6 Å². The molecule has 0 spiro atoms. The van der Waals surface area contributed by atoms with Gasteiger partial charge in [0, 0.05) is 6.54 Å². The van der Waals surface area contributed by atoms with Crippen molar-refractivity contribution in [1.82, 2.24) is 4.90 Å². The number of nitrogens with zero attached hydrogens (tertiary/aromatic N) is 1. The maximum Gasteiger partial charge on any atom is 0.178 e. The van der Waals surface area contributed by atoms with E-state index in [1.807, 2.05) is 20.8 Å². The highest BCUT2D eigenvalue weighted by Gasteiger charge is 2.24. The van der Waals surface area contributed by atoms with Crippen molar-refractivity contribution in [3.63, 3.8) is 0 Å². The molecule has 0 aromatic heterocycles. The minimum Gasteiger partial charge on any atom is -0.493 e. The van der Waals surface area contributed by atoms with Crippen LogP contribution in [0.4, 0.5) is 0 Å². The van der Waals surface area contributed by atoms with Crippen LogP contribution in [0.3, 0.4) is 0 Å². The smallest absolute Gasteiger partial charge is 0.178 e. The molecule has 0 radical (unpaired) electrons. The molecular formula is C30H37NO3S. The molecule has 1 aliphatic heterocycles. The van der Waals surface area contributed by atoms with E-state index in [9.17, 15) is 8.42 Å². The molecule has 0 N–H and O–H groups in total. The summed E-state index contributed by atoms with van der Waals surface area (Å²) in [6.45, 7) is 9.30. The fourth-order valence-electron chi connectivity index (χ4n) is 5.13. The summed E-state index contributed by atoms with van der Waals surface area (Å²) in [5.41, 5.74) is 5.66. The molecule has 1 saturated heterocycles. The van der Waals surface area contributed by atoms with Crippen molar-refractivity contribution in [2.24, 2.45) is 5.92 Å². The first-order valence-electron chi connectivity index (χ1n) is 12.7. The van der Waals surface area contributed by atoms with Gasteiger partial charge in [0.1, 0.15) is 5.75 Å². The Balaban J connectivity index is 1.33. The van der Waals surface area contributed by atoms with Gasteiger partial charge in [-0.2, -0.15) is 0 Å². The third kappa shape index (κ3) is 6.33. The summed E-state index contributed by atoms with van der Waals surface area (Å²) in [5, 5.41) is 0. The SMILES string of the molecule is CCOc1c(C)cc(S(=O)(=O)CCC2CCN(Cc3ccccc3-c3ccccc3)CC2)cc1C. The van der Waals surface area contributed by atoms with Gasteiger partial charge >= 0.3 is 0 Å². The number of rotatable bonds is 9. The molecule has 5 heteroatoms. The molecule has 0 aliphatic carbocycles. The monoisotopic (exact) mass is 491 g/mol. The van der Waals surface area contributed by atoms with Crippen molar-refractivity contribution in [3.05, 3.63) is 83.4 Å².